The molecule has 4 aromatic carbocycles. The summed E-state index contributed by atoms with van der Waals surface area (Å²) in [4.78, 5) is 0. The molecule has 2 aliphatic rings. The molecular formula is C48H58Cl2Zr-2. The number of hydrogen-bond acceptors (Lipinski definition) is 0. The van der Waals surface area contributed by atoms with E-state index in [1.165, 1.54) is 94.2 Å². The van der Waals surface area contributed by atoms with Crippen molar-refractivity contribution < 1.29 is 49.0 Å². The molecule has 51 heavy (non-hydrogen) atoms. The van der Waals surface area contributed by atoms with E-state index >= 15 is 0 Å². The Balaban J connectivity index is 0.000000270. The van der Waals surface area contributed by atoms with Gasteiger partial charge < -0.3 is 24.8 Å². The molecule has 6 rings (SSSR count). The maximum absolute atomic E-state index is 3.53. The fourth-order valence-corrected chi connectivity index (χ4v) is 7.15. The zero-order valence-corrected chi connectivity index (χ0v) is 37.3. The van der Waals surface area contributed by atoms with Gasteiger partial charge in [0.2, 0.25) is 0 Å². The van der Waals surface area contributed by atoms with Gasteiger partial charge in [-0.15, -0.1) is 5.56 Å². The largest absolute Gasteiger partial charge is 1.00 e. The van der Waals surface area contributed by atoms with Crippen molar-refractivity contribution in [2.75, 3.05) is 0 Å². The Bertz CT molecular complexity index is 1730. The van der Waals surface area contributed by atoms with Crippen LogP contribution in [0, 0.1) is 37.3 Å². The molecule has 0 nitrogen and oxygen atoms in total. The van der Waals surface area contributed by atoms with Crippen molar-refractivity contribution in [1.82, 2.24) is 0 Å². The van der Waals surface area contributed by atoms with E-state index in [1.54, 1.807) is 0 Å². The maximum Gasteiger partial charge on any atom is -1.00 e. The quantitative estimate of drug-likeness (QED) is 0.176. The Labute approximate surface area is 338 Å². The topological polar surface area (TPSA) is 0 Å². The fourth-order valence-electron chi connectivity index (χ4n) is 6.33. The second kappa shape index (κ2) is 18.1. The molecule has 0 aliphatic heterocycles. The molecule has 0 saturated heterocycles. The molecule has 0 bridgehead atoms. The summed E-state index contributed by atoms with van der Waals surface area (Å²) in [7, 11) is 0. The van der Waals surface area contributed by atoms with E-state index in [2.05, 4.69) is 187 Å². The first kappa shape index (κ1) is 44.9. The molecule has 0 N–H and O–H groups in total. The second-order valence-electron chi connectivity index (χ2n) is 17.0. The predicted octanol–water partition coefficient (Wildman–Crippen LogP) is 6.83. The monoisotopic (exact) mass is 794 g/mol. The Hall–Kier alpha value is -2.31. The van der Waals surface area contributed by atoms with Crippen molar-refractivity contribution in [1.29, 1.82) is 0 Å². The van der Waals surface area contributed by atoms with E-state index in [-0.39, 0.29) is 35.6 Å². The molecule has 0 aromatic heterocycles. The first-order valence-corrected chi connectivity index (χ1v) is 19.3. The maximum atomic E-state index is 3.53. The number of rotatable bonds is 3. The number of benzene rings is 4. The van der Waals surface area contributed by atoms with Gasteiger partial charge in [0.05, 0.1) is 0 Å². The number of fused-ring (bicyclic) bond motifs is 3. The Morgan fingerprint density at radius 3 is 1.61 bits per heavy atom. The summed E-state index contributed by atoms with van der Waals surface area (Å²) in [6.45, 7) is 29.1. The Kier molecular flexibility index (Phi) is 16.0. The van der Waals surface area contributed by atoms with Crippen molar-refractivity contribution in [3.8, 4) is 11.1 Å². The number of aryl methyl sites for hydroxylation is 2. The zero-order valence-electron chi connectivity index (χ0n) is 33.3. The van der Waals surface area contributed by atoms with E-state index in [9.17, 15) is 0 Å². The minimum Gasteiger partial charge on any atom is -1.00 e. The average molecular weight is 797 g/mol. The van der Waals surface area contributed by atoms with Crippen LogP contribution in [0.4, 0.5) is 0 Å². The molecule has 0 saturated carbocycles. The van der Waals surface area contributed by atoms with Crippen LogP contribution in [0.5, 0.6) is 0 Å². The molecule has 0 heterocycles. The molecule has 4 aromatic rings. The van der Waals surface area contributed by atoms with Crippen LogP contribution in [0.3, 0.4) is 0 Å². The van der Waals surface area contributed by atoms with Crippen molar-refractivity contribution >= 4 is 3.21 Å². The van der Waals surface area contributed by atoms with Crippen LogP contribution in [0.25, 0.3) is 11.1 Å². The number of allylic oxidation sites excluding steroid dienone is 4. The van der Waals surface area contributed by atoms with Crippen molar-refractivity contribution in [2.45, 2.75) is 114 Å². The van der Waals surface area contributed by atoms with E-state index in [0.29, 0.717) is 11.3 Å². The molecule has 3 heteroatoms. The van der Waals surface area contributed by atoms with E-state index in [0.717, 1.165) is 12.8 Å². The molecule has 1 unspecified atom stereocenters. The van der Waals surface area contributed by atoms with Gasteiger partial charge >= 0.3 is 112 Å². The molecule has 0 fully saturated rings. The average Bonchev–Trinajstić information content (AvgIpc) is 3.61. The normalized spacial score (nSPS) is 14.6. The van der Waals surface area contributed by atoms with Gasteiger partial charge in [0.15, 0.2) is 0 Å². The van der Waals surface area contributed by atoms with Gasteiger partial charge in [-0.05, 0) is 17.4 Å². The third-order valence-electron chi connectivity index (χ3n) is 9.51. The van der Waals surface area contributed by atoms with Crippen LogP contribution >= 0.6 is 0 Å². The summed E-state index contributed by atoms with van der Waals surface area (Å²) in [6.07, 6.45) is 7.98. The minimum atomic E-state index is 0. The Morgan fingerprint density at radius 1 is 0.686 bits per heavy atom. The summed E-state index contributed by atoms with van der Waals surface area (Å²) in [5.74, 6) is 0.522. The van der Waals surface area contributed by atoms with Crippen LogP contribution in [-0.4, -0.2) is 3.21 Å². The van der Waals surface area contributed by atoms with Crippen molar-refractivity contribution in [3.05, 3.63) is 153 Å². The molecule has 270 valence electrons. The van der Waals surface area contributed by atoms with E-state index in [1.807, 2.05) is 0 Å². The van der Waals surface area contributed by atoms with E-state index < -0.39 is 0 Å². The predicted molar refractivity (Wildman–Crippen MR) is 210 cm³/mol. The standard InChI is InChI=1S/C21H25.C15H14.C12H19.2ClH.Zr/c1-20(2,3)16-9-7-14-11-15-8-10-17(21(4,5)6)13-19(15)18(14)12-16;1-12-3-7-14(8-4-12)11-15-9-5-13(2)6-10-15;1-6-10-7-9(2)8-11(10)12(3,4)5;;;/h7,9-10,12-13H,11H2,1-6H3;3-10H,1-2H3;8-9H,6H2,1-5H3;2*1H;/q-1;;-1;;;+2/p-2. The van der Waals surface area contributed by atoms with Crippen molar-refractivity contribution in [3.63, 3.8) is 0 Å². The smallest absolute Gasteiger partial charge is 1.00 e. The first-order chi connectivity index (χ1) is 22.8. The SMILES string of the molecule is CC(C)(C)c1c[c-]c2c(c1)-c1cc(C(C)(C)C)ccc1C2.CCC1=[C-]C(C)C=C1C(C)(C)C.Cc1ccc([C](=[Zr+2])c2ccc(C)cc2)cc1.[Cl-].[Cl-]. The van der Waals surface area contributed by atoms with Crippen LogP contribution in [-0.2, 0) is 41.5 Å². The van der Waals surface area contributed by atoms with Crippen molar-refractivity contribution in [2.24, 2.45) is 11.3 Å². The fraction of sp³-hybridized carbons (Fsp3) is 0.396. The van der Waals surface area contributed by atoms with Crippen LogP contribution in [0.15, 0.2) is 96.1 Å². The van der Waals surface area contributed by atoms with Crippen LogP contribution < -0.4 is 24.8 Å². The van der Waals surface area contributed by atoms with Gasteiger partial charge in [0.25, 0.3) is 0 Å². The third-order valence-corrected chi connectivity index (χ3v) is 10.9. The van der Waals surface area contributed by atoms with Crippen LogP contribution in [0.1, 0.15) is 127 Å². The van der Waals surface area contributed by atoms with Crippen LogP contribution in [0.2, 0.25) is 0 Å². The molecule has 1 atom stereocenters. The zero-order chi connectivity index (χ0) is 36.3. The van der Waals surface area contributed by atoms with Gasteiger partial charge in [0, 0.05) is 0 Å². The first-order valence-electron chi connectivity index (χ1n) is 18.0. The molecule has 0 radical (unpaired) electrons. The molecule has 0 spiro atoms. The summed E-state index contributed by atoms with van der Waals surface area (Å²) < 4.78 is 1.42. The number of hydrogen-bond donors (Lipinski definition) is 0. The minimum absolute atomic E-state index is 0. The summed E-state index contributed by atoms with van der Waals surface area (Å²) >= 11 is 1.46. The Morgan fingerprint density at radius 2 is 1.18 bits per heavy atom. The second-order valence-corrected chi connectivity index (χ2v) is 18.3. The van der Waals surface area contributed by atoms with Gasteiger partial charge in [0.1, 0.15) is 0 Å². The third kappa shape index (κ3) is 11.8. The van der Waals surface area contributed by atoms with Gasteiger partial charge in [-0.25, -0.2) is 5.57 Å². The van der Waals surface area contributed by atoms with Gasteiger partial charge in [-0.3, -0.25) is 6.08 Å². The summed E-state index contributed by atoms with van der Waals surface area (Å²) in [5, 5.41) is 0. The summed E-state index contributed by atoms with van der Waals surface area (Å²) in [5.41, 5.74) is 17.3. The van der Waals surface area contributed by atoms with E-state index in [4.69, 9.17) is 0 Å². The van der Waals surface area contributed by atoms with Gasteiger partial charge in [-0.2, -0.15) is 41.0 Å². The number of halogens is 2. The molecular weight excluding hydrogens is 739 g/mol. The molecule has 0 amide bonds. The summed E-state index contributed by atoms with van der Waals surface area (Å²) in [6, 6.07) is 32.6. The molecule has 2 aliphatic carbocycles. The van der Waals surface area contributed by atoms with Gasteiger partial charge in [-0.1, -0.05) is 129 Å².